The van der Waals surface area contributed by atoms with E-state index in [1.54, 1.807) is 0 Å². The van der Waals surface area contributed by atoms with Crippen LogP contribution in [0.25, 0.3) is 0 Å². The third kappa shape index (κ3) is 1.41. The molecule has 0 radical (unpaired) electrons. The molecule has 0 aromatic carbocycles. The van der Waals surface area contributed by atoms with E-state index in [-0.39, 0.29) is 0 Å². The van der Waals surface area contributed by atoms with Crippen molar-refractivity contribution in [2.75, 3.05) is 11.5 Å². The van der Waals surface area contributed by atoms with Crippen LogP contribution in [0.15, 0.2) is 0 Å². The van der Waals surface area contributed by atoms with E-state index in [1.165, 1.54) is 17.9 Å². The van der Waals surface area contributed by atoms with Crippen LogP contribution in [0.4, 0.5) is 0 Å². The van der Waals surface area contributed by atoms with Gasteiger partial charge < -0.3 is 0 Å². The fourth-order valence-corrected chi connectivity index (χ4v) is 2.39. The van der Waals surface area contributed by atoms with Gasteiger partial charge in [-0.15, -0.1) is 0 Å². The first-order valence-corrected chi connectivity index (χ1v) is 4.54. The maximum Gasteiger partial charge on any atom is -0.00392 e. The second kappa shape index (κ2) is 2.77. The molecule has 0 saturated carbocycles. The molecule has 0 aromatic rings. The highest BCUT2D eigenvalue weighted by atomic mass is 32.2. The molecule has 1 aliphatic rings. The molecule has 0 aromatic heterocycles. The Morgan fingerprint density at radius 1 is 1.25 bits per heavy atom. The maximum atomic E-state index is 2.37. The summed E-state index contributed by atoms with van der Waals surface area (Å²) >= 11 is 2.11. The fourth-order valence-electron chi connectivity index (χ4n) is 0.987. The Kier molecular flexibility index (Phi) is 2.24. The molecule has 0 spiro atoms. The van der Waals surface area contributed by atoms with Crippen LogP contribution in [0.1, 0.15) is 20.3 Å². The Morgan fingerprint density at radius 3 is 2.38 bits per heavy atom. The molecule has 0 bridgehead atoms. The lowest BCUT2D eigenvalue weighted by Gasteiger charge is -2.24. The van der Waals surface area contributed by atoms with Gasteiger partial charge in [-0.25, -0.2) is 0 Å². The van der Waals surface area contributed by atoms with Gasteiger partial charge >= 0.3 is 0 Å². The smallest absolute Gasteiger partial charge is 0.00392 e. The van der Waals surface area contributed by atoms with Gasteiger partial charge in [-0.2, -0.15) is 11.8 Å². The molecule has 1 aliphatic heterocycles. The van der Waals surface area contributed by atoms with Crippen molar-refractivity contribution in [3.8, 4) is 0 Å². The molecular weight excluding hydrogens is 116 g/mol. The van der Waals surface area contributed by atoms with Crippen molar-refractivity contribution in [2.24, 2.45) is 11.8 Å². The minimum atomic E-state index is 0.966. The summed E-state index contributed by atoms with van der Waals surface area (Å²) in [7, 11) is 0. The molecule has 0 nitrogen and oxygen atoms in total. The van der Waals surface area contributed by atoms with E-state index in [4.69, 9.17) is 0 Å². The quantitative estimate of drug-likeness (QED) is 0.485. The number of hydrogen-bond acceptors (Lipinski definition) is 1. The van der Waals surface area contributed by atoms with E-state index in [0.717, 1.165) is 11.8 Å². The molecule has 48 valence electrons. The van der Waals surface area contributed by atoms with Crippen molar-refractivity contribution < 1.29 is 0 Å². The summed E-state index contributed by atoms with van der Waals surface area (Å²) in [5, 5.41) is 0. The third-order valence-electron chi connectivity index (χ3n) is 2.07. The van der Waals surface area contributed by atoms with Crippen LogP contribution < -0.4 is 0 Å². The van der Waals surface area contributed by atoms with Crippen molar-refractivity contribution in [1.82, 2.24) is 0 Å². The number of hydrogen-bond donors (Lipinski definition) is 0. The Bertz CT molecular complexity index is 60.8. The van der Waals surface area contributed by atoms with Gasteiger partial charge in [0.15, 0.2) is 0 Å². The van der Waals surface area contributed by atoms with Gasteiger partial charge in [0, 0.05) is 0 Å². The summed E-state index contributed by atoms with van der Waals surface area (Å²) in [6.45, 7) is 4.72. The molecule has 1 rings (SSSR count). The van der Waals surface area contributed by atoms with Crippen molar-refractivity contribution >= 4 is 11.8 Å². The van der Waals surface area contributed by atoms with Gasteiger partial charge in [-0.3, -0.25) is 0 Å². The van der Waals surface area contributed by atoms with Crippen LogP contribution in [0.2, 0.25) is 0 Å². The van der Waals surface area contributed by atoms with E-state index in [9.17, 15) is 0 Å². The Labute approximate surface area is 56.0 Å². The monoisotopic (exact) mass is 130 g/mol. The summed E-state index contributed by atoms with van der Waals surface area (Å²) < 4.78 is 0. The van der Waals surface area contributed by atoms with Gasteiger partial charge in [0.2, 0.25) is 0 Å². The highest BCUT2D eigenvalue weighted by molar-refractivity contribution is 7.99. The summed E-state index contributed by atoms with van der Waals surface area (Å²) in [6, 6.07) is 0. The standard InChI is InChI=1S/C7H14S/c1-6-3-4-8-5-7(6)2/h6-7H,3-5H2,1-2H3/t6-,7+/m1/s1. The van der Waals surface area contributed by atoms with E-state index in [0.29, 0.717) is 0 Å². The lowest BCUT2D eigenvalue weighted by molar-refractivity contribution is 0.406. The van der Waals surface area contributed by atoms with Crippen LogP contribution in [-0.4, -0.2) is 11.5 Å². The molecule has 1 fully saturated rings. The molecule has 2 atom stereocenters. The zero-order valence-electron chi connectivity index (χ0n) is 5.68. The first-order valence-electron chi connectivity index (χ1n) is 3.38. The summed E-state index contributed by atoms with van der Waals surface area (Å²) in [5.74, 6) is 4.73. The third-order valence-corrected chi connectivity index (χ3v) is 3.36. The molecule has 0 N–H and O–H groups in total. The van der Waals surface area contributed by atoms with Gasteiger partial charge in [0.05, 0.1) is 0 Å². The van der Waals surface area contributed by atoms with Crippen LogP contribution in [-0.2, 0) is 0 Å². The van der Waals surface area contributed by atoms with Crippen LogP contribution in [0, 0.1) is 11.8 Å². The van der Waals surface area contributed by atoms with Crippen molar-refractivity contribution in [3.05, 3.63) is 0 Å². The number of rotatable bonds is 0. The van der Waals surface area contributed by atoms with Gasteiger partial charge in [-0.05, 0) is 29.8 Å². The molecule has 8 heavy (non-hydrogen) atoms. The van der Waals surface area contributed by atoms with Crippen LogP contribution >= 0.6 is 11.8 Å². The second-order valence-electron chi connectivity index (χ2n) is 2.82. The van der Waals surface area contributed by atoms with Crippen molar-refractivity contribution in [2.45, 2.75) is 20.3 Å². The Hall–Kier alpha value is 0.350. The minimum Gasteiger partial charge on any atom is -0.162 e. The largest absolute Gasteiger partial charge is 0.162 e. The lowest BCUT2D eigenvalue weighted by Crippen LogP contribution is -2.16. The maximum absolute atomic E-state index is 2.37. The minimum absolute atomic E-state index is 0.966. The van der Waals surface area contributed by atoms with Gasteiger partial charge in [0.1, 0.15) is 0 Å². The van der Waals surface area contributed by atoms with Crippen LogP contribution in [0.5, 0.6) is 0 Å². The van der Waals surface area contributed by atoms with Gasteiger partial charge in [0.25, 0.3) is 0 Å². The van der Waals surface area contributed by atoms with E-state index in [1.807, 2.05) is 0 Å². The zero-order valence-corrected chi connectivity index (χ0v) is 6.50. The molecule has 0 amide bonds. The topological polar surface area (TPSA) is 0 Å². The predicted octanol–water partition coefficient (Wildman–Crippen LogP) is 2.40. The summed E-state index contributed by atoms with van der Waals surface area (Å²) in [5.41, 5.74) is 0. The van der Waals surface area contributed by atoms with Crippen LogP contribution in [0.3, 0.4) is 0 Å². The first kappa shape index (κ1) is 6.47. The molecule has 1 saturated heterocycles. The van der Waals surface area contributed by atoms with E-state index >= 15 is 0 Å². The fraction of sp³-hybridized carbons (Fsp3) is 1.00. The molecule has 0 unspecified atom stereocenters. The zero-order chi connectivity index (χ0) is 5.98. The highest BCUT2D eigenvalue weighted by Gasteiger charge is 2.15. The molecular formula is C7H14S. The normalized spacial score (nSPS) is 39.8. The van der Waals surface area contributed by atoms with E-state index < -0.39 is 0 Å². The lowest BCUT2D eigenvalue weighted by atomic mass is 9.95. The SMILES string of the molecule is C[C@@H]1CCSC[C@@H]1C. The second-order valence-corrected chi connectivity index (χ2v) is 3.97. The molecule has 1 heterocycles. The Balaban J connectivity index is 2.28. The average Bonchev–Trinajstić information content (AvgIpc) is 1.77. The summed E-state index contributed by atoms with van der Waals surface area (Å²) in [4.78, 5) is 0. The highest BCUT2D eigenvalue weighted by Crippen LogP contribution is 2.27. The molecule has 0 aliphatic carbocycles. The van der Waals surface area contributed by atoms with Gasteiger partial charge in [-0.1, -0.05) is 13.8 Å². The predicted molar refractivity (Wildman–Crippen MR) is 40.3 cm³/mol. The van der Waals surface area contributed by atoms with E-state index in [2.05, 4.69) is 25.6 Å². The van der Waals surface area contributed by atoms with Crippen molar-refractivity contribution in [3.63, 3.8) is 0 Å². The Morgan fingerprint density at radius 2 is 2.00 bits per heavy atom. The average molecular weight is 130 g/mol. The number of thioether (sulfide) groups is 1. The molecule has 1 heteroatoms. The van der Waals surface area contributed by atoms with Crippen molar-refractivity contribution in [1.29, 1.82) is 0 Å². The first-order chi connectivity index (χ1) is 3.80. The summed E-state index contributed by atoms with van der Waals surface area (Å²) in [6.07, 6.45) is 1.44.